The Kier molecular flexibility index (Phi) is 4.15. The van der Waals surface area contributed by atoms with E-state index in [2.05, 4.69) is 5.32 Å². The molecule has 0 aromatic heterocycles. The zero-order chi connectivity index (χ0) is 14.5. The lowest BCUT2D eigenvalue weighted by Crippen LogP contribution is -2.18. The third kappa shape index (κ3) is 3.23. The number of benzene rings is 2. The minimum absolute atomic E-state index is 0.126. The van der Waals surface area contributed by atoms with Crippen molar-refractivity contribution in [2.24, 2.45) is 0 Å². The Morgan fingerprint density at radius 1 is 1.00 bits per heavy atom. The van der Waals surface area contributed by atoms with Crippen LogP contribution in [0.3, 0.4) is 0 Å². The summed E-state index contributed by atoms with van der Waals surface area (Å²) < 4.78 is 0. The molecule has 0 fully saturated rings. The van der Waals surface area contributed by atoms with Crippen LogP contribution in [-0.4, -0.2) is 17.0 Å². The van der Waals surface area contributed by atoms with Crippen molar-refractivity contribution in [1.29, 1.82) is 0 Å². The lowest BCUT2D eigenvalue weighted by atomic mass is 10.0. The molecule has 0 aliphatic carbocycles. The SMILES string of the molecule is CC(C(=O)Nc1ccc(C(=O)O)cc1)c1ccccc1. The molecule has 0 spiro atoms. The average molecular weight is 269 g/mol. The molecular formula is C16H15NO3. The molecule has 0 radical (unpaired) electrons. The fourth-order valence-electron chi connectivity index (χ4n) is 1.84. The monoisotopic (exact) mass is 269 g/mol. The molecule has 2 rings (SSSR count). The summed E-state index contributed by atoms with van der Waals surface area (Å²) in [5, 5.41) is 11.6. The van der Waals surface area contributed by atoms with Crippen LogP contribution >= 0.6 is 0 Å². The molecule has 1 atom stereocenters. The number of carboxylic acids is 1. The number of amides is 1. The average Bonchev–Trinajstić information content (AvgIpc) is 2.48. The molecule has 2 N–H and O–H groups in total. The number of aromatic carboxylic acids is 1. The Morgan fingerprint density at radius 3 is 2.15 bits per heavy atom. The maximum atomic E-state index is 12.1. The molecule has 20 heavy (non-hydrogen) atoms. The number of rotatable bonds is 4. The van der Waals surface area contributed by atoms with E-state index in [1.54, 1.807) is 12.1 Å². The summed E-state index contributed by atoms with van der Waals surface area (Å²) in [7, 11) is 0. The Hall–Kier alpha value is -2.62. The molecule has 0 aliphatic heterocycles. The summed E-state index contributed by atoms with van der Waals surface area (Å²) in [5.41, 5.74) is 1.72. The summed E-state index contributed by atoms with van der Waals surface area (Å²) in [6, 6.07) is 15.6. The van der Waals surface area contributed by atoms with Gasteiger partial charge in [-0.05, 0) is 36.8 Å². The Labute approximate surface area is 117 Å². The maximum absolute atomic E-state index is 12.1. The van der Waals surface area contributed by atoms with E-state index in [0.717, 1.165) is 5.56 Å². The van der Waals surface area contributed by atoms with Crippen molar-refractivity contribution in [1.82, 2.24) is 0 Å². The molecule has 0 saturated carbocycles. The number of carbonyl (C=O) groups excluding carboxylic acids is 1. The fourth-order valence-corrected chi connectivity index (χ4v) is 1.84. The van der Waals surface area contributed by atoms with Crippen molar-refractivity contribution in [3.05, 3.63) is 65.7 Å². The summed E-state index contributed by atoms with van der Waals surface area (Å²) in [6.45, 7) is 1.83. The number of carbonyl (C=O) groups is 2. The highest BCUT2D eigenvalue weighted by atomic mass is 16.4. The molecule has 4 nitrogen and oxygen atoms in total. The van der Waals surface area contributed by atoms with Crippen LogP contribution in [0.1, 0.15) is 28.8 Å². The Balaban J connectivity index is 2.06. The zero-order valence-corrected chi connectivity index (χ0v) is 11.0. The minimum atomic E-state index is -0.986. The second-order valence-electron chi connectivity index (χ2n) is 4.50. The van der Waals surface area contributed by atoms with Gasteiger partial charge in [0.1, 0.15) is 0 Å². The molecule has 1 amide bonds. The predicted molar refractivity (Wildman–Crippen MR) is 76.9 cm³/mol. The first-order valence-electron chi connectivity index (χ1n) is 6.27. The molecule has 1 unspecified atom stereocenters. The minimum Gasteiger partial charge on any atom is -0.478 e. The van der Waals surface area contributed by atoms with Gasteiger partial charge in [0.15, 0.2) is 0 Å². The van der Waals surface area contributed by atoms with Crippen LogP contribution in [0, 0.1) is 0 Å². The molecule has 2 aromatic rings. The van der Waals surface area contributed by atoms with Crippen molar-refractivity contribution in [2.45, 2.75) is 12.8 Å². The quantitative estimate of drug-likeness (QED) is 0.896. The van der Waals surface area contributed by atoms with E-state index in [-0.39, 0.29) is 17.4 Å². The van der Waals surface area contributed by atoms with Crippen LogP contribution < -0.4 is 5.32 Å². The van der Waals surface area contributed by atoms with Gasteiger partial charge in [0.25, 0.3) is 0 Å². The van der Waals surface area contributed by atoms with Gasteiger partial charge in [0.2, 0.25) is 5.91 Å². The second kappa shape index (κ2) is 6.02. The van der Waals surface area contributed by atoms with Crippen molar-refractivity contribution in [3.63, 3.8) is 0 Å². The van der Waals surface area contributed by atoms with Crippen molar-refractivity contribution in [2.75, 3.05) is 5.32 Å². The topological polar surface area (TPSA) is 66.4 Å². The summed E-state index contributed by atoms with van der Waals surface area (Å²) in [4.78, 5) is 22.8. The third-order valence-corrected chi connectivity index (χ3v) is 3.09. The number of hydrogen-bond acceptors (Lipinski definition) is 2. The summed E-state index contributed by atoms with van der Waals surface area (Å²) in [5.74, 6) is -1.38. The first-order valence-corrected chi connectivity index (χ1v) is 6.27. The van der Waals surface area contributed by atoms with Crippen molar-refractivity contribution < 1.29 is 14.7 Å². The van der Waals surface area contributed by atoms with Gasteiger partial charge in [0.05, 0.1) is 11.5 Å². The number of anilines is 1. The van der Waals surface area contributed by atoms with Gasteiger partial charge < -0.3 is 10.4 Å². The van der Waals surface area contributed by atoms with E-state index in [0.29, 0.717) is 5.69 Å². The van der Waals surface area contributed by atoms with Gasteiger partial charge in [-0.3, -0.25) is 4.79 Å². The highest BCUT2D eigenvalue weighted by Crippen LogP contribution is 2.18. The van der Waals surface area contributed by atoms with E-state index in [4.69, 9.17) is 5.11 Å². The highest BCUT2D eigenvalue weighted by molar-refractivity contribution is 5.96. The Bertz CT molecular complexity index is 605. The van der Waals surface area contributed by atoms with E-state index < -0.39 is 5.97 Å². The second-order valence-corrected chi connectivity index (χ2v) is 4.50. The lowest BCUT2D eigenvalue weighted by Gasteiger charge is -2.12. The highest BCUT2D eigenvalue weighted by Gasteiger charge is 2.15. The van der Waals surface area contributed by atoms with Crippen LogP contribution in [0.4, 0.5) is 5.69 Å². The molecule has 0 saturated heterocycles. The maximum Gasteiger partial charge on any atom is 0.335 e. The molecule has 0 aliphatic rings. The molecule has 2 aromatic carbocycles. The van der Waals surface area contributed by atoms with Gasteiger partial charge >= 0.3 is 5.97 Å². The molecule has 0 bridgehead atoms. The number of carboxylic acid groups (broad SMARTS) is 1. The fraction of sp³-hybridized carbons (Fsp3) is 0.125. The number of hydrogen-bond donors (Lipinski definition) is 2. The lowest BCUT2D eigenvalue weighted by molar-refractivity contribution is -0.117. The van der Waals surface area contributed by atoms with Crippen molar-refractivity contribution in [3.8, 4) is 0 Å². The molecule has 102 valence electrons. The van der Waals surface area contributed by atoms with Crippen LogP contribution in [0.2, 0.25) is 0 Å². The summed E-state index contributed by atoms with van der Waals surface area (Å²) in [6.07, 6.45) is 0. The van der Waals surface area contributed by atoms with E-state index in [1.807, 2.05) is 37.3 Å². The van der Waals surface area contributed by atoms with E-state index >= 15 is 0 Å². The van der Waals surface area contributed by atoms with Gasteiger partial charge in [0, 0.05) is 5.69 Å². The zero-order valence-electron chi connectivity index (χ0n) is 11.0. The number of nitrogens with one attached hydrogen (secondary N) is 1. The first-order chi connectivity index (χ1) is 9.58. The van der Waals surface area contributed by atoms with Crippen LogP contribution in [0.15, 0.2) is 54.6 Å². The Morgan fingerprint density at radius 2 is 1.60 bits per heavy atom. The van der Waals surface area contributed by atoms with Crippen molar-refractivity contribution >= 4 is 17.6 Å². The largest absolute Gasteiger partial charge is 0.478 e. The molecular weight excluding hydrogens is 254 g/mol. The summed E-state index contributed by atoms with van der Waals surface area (Å²) >= 11 is 0. The normalized spacial score (nSPS) is 11.7. The van der Waals surface area contributed by atoms with E-state index in [9.17, 15) is 9.59 Å². The van der Waals surface area contributed by atoms with Gasteiger partial charge in [-0.15, -0.1) is 0 Å². The van der Waals surface area contributed by atoms with Gasteiger partial charge in [-0.2, -0.15) is 0 Å². The van der Waals surface area contributed by atoms with Crippen LogP contribution in [-0.2, 0) is 4.79 Å². The molecule has 4 heteroatoms. The molecule has 0 heterocycles. The first kappa shape index (κ1) is 13.8. The van der Waals surface area contributed by atoms with E-state index in [1.165, 1.54) is 12.1 Å². The van der Waals surface area contributed by atoms with Crippen LogP contribution in [0.5, 0.6) is 0 Å². The third-order valence-electron chi connectivity index (χ3n) is 3.09. The standard InChI is InChI=1S/C16H15NO3/c1-11(12-5-3-2-4-6-12)15(18)17-14-9-7-13(8-10-14)16(19)20/h2-11H,1H3,(H,17,18)(H,19,20). The van der Waals surface area contributed by atoms with Crippen LogP contribution in [0.25, 0.3) is 0 Å². The van der Waals surface area contributed by atoms with Gasteiger partial charge in [-0.1, -0.05) is 30.3 Å². The van der Waals surface area contributed by atoms with Gasteiger partial charge in [-0.25, -0.2) is 4.79 Å². The predicted octanol–water partition coefficient (Wildman–Crippen LogP) is 3.13. The smallest absolute Gasteiger partial charge is 0.335 e.